The van der Waals surface area contributed by atoms with E-state index in [1.54, 1.807) is 25.3 Å². The quantitative estimate of drug-likeness (QED) is 0.322. The zero-order valence-electron chi connectivity index (χ0n) is 18.3. The van der Waals surface area contributed by atoms with Crippen LogP contribution >= 0.6 is 24.0 Å². The Morgan fingerprint density at radius 3 is 2.50 bits per heavy atom. The van der Waals surface area contributed by atoms with Crippen LogP contribution in [0, 0.1) is 0 Å². The smallest absolute Gasteiger partial charge is 0.194 e. The number of halogens is 1. The van der Waals surface area contributed by atoms with Crippen molar-refractivity contribution in [2.45, 2.75) is 45.3 Å². The van der Waals surface area contributed by atoms with Gasteiger partial charge in [0.25, 0.3) is 0 Å². The number of piperidine rings is 1. The van der Waals surface area contributed by atoms with Gasteiger partial charge in [0.05, 0.1) is 12.8 Å². The number of hydrogen-bond acceptors (Lipinski definition) is 4. The molecule has 166 valence electrons. The van der Waals surface area contributed by atoms with Crippen LogP contribution in [-0.4, -0.2) is 49.2 Å². The van der Waals surface area contributed by atoms with Crippen LogP contribution in [0.25, 0.3) is 0 Å². The summed E-state index contributed by atoms with van der Waals surface area (Å²) in [5.74, 6) is 1.28. The minimum absolute atomic E-state index is 0. The average Bonchev–Trinajstić information content (AvgIpc) is 3.28. The van der Waals surface area contributed by atoms with Gasteiger partial charge in [0.1, 0.15) is 11.4 Å². The van der Waals surface area contributed by atoms with E-state index in [4.69, 9.17) is 4.42 Å². The van der Waals surface area contributed by atoms with Crippen molar-refractivity contribution in [3.05, 3.63) is 54.0 Å². The summed E-state index contributed by atoms with van der Waals surface area (Å²) in [6, 6.07) is 12.4. The average molecular weight is 526 g/mol. The predicted molar refractivity (Wildman–Crippen MR) is 134 cm³/mol. The number of benzene rings is 1. The molecule has 3 rings (SSSR count). The first-order chi connectivity index (χ1) is 14.0. The number of guanidine groups is 1. The molecule has 0 saturated carbocycles. The Bertz CT molecular complexity index is 769. The number of furan rings is 1. The Labute approximate surface area is 197 Å². The molecule has 2 heterocycles. The molecule has 0 aliphatic carbocycles. The van der Waals surface area contributed by atoms with Gasteiger partial charge in [-0.15, -0.1) is 24.0 Å². The van der Waals surface area contributed by atoms with Crippen LogP contribution in [0.15, 0.2) is 52.1 Å². The molecule has 0 bridgehead atoms. The molecule has 30 heavy (non-hydrogen) atoms. The van der Waals surface area contributed by atoms with Crippen LogP contribution in [0.3, 0.4) is 0 Å². The Morgan fingerprint density at radius 2 is 1.90 bits per heavy atom. The van der Waals surface area contributed by atoms with Crippen molar-refractivity contribution in [2.75, 3.05) is 38.1 Å². The van der Waals surface area contributed by atoms with Crippen LogP contribution < -0.4 is 10.2 Å². The molecule has 6 nitrogen and oxygen atoms in total. The zero-order valence-corrected chi connectivity index (χ0v) is 20.6. The number of nitrogens with one attached hydrogen (secondary N) is 1. The van der Waals surface area contributed by atoms with Gasteiger partial charge < -0.3 is 24.6 Å². The molecule has 0 spiro atoms. The molecule has 2 N–H and O–H groups in total. The summed E-state index contributed by atoms with van der Waals surface area (Å²) in [5.41, 5.74) is 1.41. The second-order valence-electron chi connectivity index (χ2n) is 7.99. The Kier molecular flexibility index (Phi) is 9.48. The van der Waals surface area contributed by atoms with E-state index >= 15 is 0 Å². The molecular weight excluding hydrogens is 491 g/mol. The van der Waals surface area contributed by atoms with Crippen LogP contribution in [-0.2, 0) is 12.1 Å². The van der Waals surface area contributed by atoms with E-state index in [2.05, 4.69) is 44.4 Å². The molecule has 1 aliphatic rings. The van der Waals surface area contributed by atoms with Gasteiger partial charge in [0.15, 0.2) is 5.96 Å². The summed E-state index contributed by atoms with van der Waals surface area (Å²) in [5, 5.41) is 14.0. The van der Waals surface area contributed by atoms with Crippen LogP contribution in [0.1, 0.15) is 44.4 Å². The largest absolute Gasteiger partial charge is 0.466 e. The second-order valence-corrected chi connectivity index (χ2v) is 7.99. The van der Waals surface area contributed by atoms with E-state index in [0.717, 1.165) is 32.1 Å². The van der Waals surface area contributed by atoms with Gasteiger partial charge in [0.2, 0.25) is 0 Å². The number of hydrogen-bond donors (Lipinski definition) is 2. The third-order valence-electron chi connectivity index (χ3n) is 5.36. The minimum Gasteiger partial charge on any atom is -0.466 e. The number of nitrogens with zero attached hydrogens (tertiary/aromatic N) is 3. The molecule has 0 radical (unpaired) electrons. The highest BCUT2D eigenvalue weighted by Crippen LogP contribution is 2.22. The number of aliphatic hydroxyl groups is 1. The fraction of sp³-hybridized carbons (Fsp3) is 0.522. The molecule has 1 atom stereocenters. The molecule has 7 heteroatoms. The van der Waals surface area contributed by atoms with E-state index in [-0.39, 0.29) is 30.5 Å². The molecule has 1 aromatic carbocycles. The second kappa shape index (κ2) is 11.6. The fourth-order valence-corrected chi connectivity index (χ4v) is 3.67. The van der Waals surface area contributed by atoms with Gasteiger partial charge in [-0.25, -0.2) is 4.99 Å². The van der Waals surface area contributed by atoms with Crippen molar-refractivity contribution >= 4 is 35.6 Å². The van der Waals surface area contributed by atoms with Gasteiger partial charge >= 0.3 is 0 Å². The Hall–Kier alpha value is -1.74. The molecule has 1 aliphatic heterocycles. The zero-order chi connectivity index (χ0) is 20.7. The lowest BCUT2D eigenvalue weighted by Crippen LogP contribution is -2.39. The highest BCUT2D eigenvalue weighted by Gasteiger charge is 2.26. The lowest BCUT2D eigenvalue weighted by molar-refractivity contribution is 0.0435. The minimum atomic E-state index is -1.14. The lowest BCUT2D eigenvalue weighted by atomic mass is 10.0. The Morgan fingerprint density at radius 1 is 1.20 bits per heavy atom. The number of rotatable bonds is 7. The molecule has 1 fully saturated rings. The summed E-state index contributed by atoms with van der Waals surface area (Å²) >= 11 is 0. The third-order valence-corrected chi connectivity index (χ3v) is 5.36. The summed E-state index contributed by atoms with van der Waals surface area (Å²) in [6.45, 7) is 7.81. The highest BCUT2D eigenvalue weighted by molar-refractivity contribution is 14.0. The van der Waals surface area contributed by atoms with E-state index in [9.17, 15) is 5.11 Å². The maximum absolute atomic E-state index is 10.7. The predicted octanol–water partition coefficient (Wildman–Crippen LogP) is 4.19. The topological polar surface area (TPSA) is 64.2 Å². The van der Waals surface area contributed by atoms with Gasteiger partial charge in [-0.2, -0.15) is 0 Å². The van der Waals surface area contributed by atoms with E-state index < -0.39 is 5.60 Å². The number of anilines is 1. The monoisotopic (exact) mass is 526 g/mol. The van der Waals surface area contributed by atoms with Crippen molar-refractivity contribution in [2.24, 2.45) is 4.99 Å². The SMILES string of the molecule is CCNC(=NCC(C)(O)c1ccco1)N(C)Cc1ccc(N2CCCCC2)cc1.I. The standard InChI is InChI=1S/C23H34N4O2.HI/c1-4-24-22(25-18-23(2,28)21-9-8-16-29-21)26(3)17-19-10-12-20(13-11-19)27-14-6-5-7-15-27;/h8-13,16,28H,4-7,14-15,17-18H2,1-3H3,(H,24,25);1H. The van der Waals surface area contributed by atoms with Crippen LogP contribution in [0.2, 0.25) is 0 Å². The summed E-state index contributed by atoms with van der Waals surface area (Å²) < 4.78 is 5.35. The highest BCUT2D eigenvalue weighted by atomic mass is 127. The van der Waals surface area contributed by atoms with E-state index in [0.29, 0.717) is 5.76 Å². The maximum atomic E-state index is 10.7. The van der Waals surface area contributed by atoms with Crippen molar-refractivity contribution in [3.63, 3.8) is 0 Å². The molecular formula is C23H35IN4O2. The van der Waals surface area contributed by atoms with Gasteiger partial charge in [-0.05, 0) is 62.9 Å². The normalized spacial score (nSPS) is 16.5. The van der Waals surface area contributed by atoms with E-state index in [1.807, 2.05) is 14.0 Å². The molecule has 0 amide bonds. The molecule has 2 aromatic rings. The van der Waals surface area contributed by atoms with Gasteiger partial charge in [-0.3, -0.25) is 0 Å². The summed E-state index contributed by atoms with van der Waals surface area (Å²) in [4.78, 5) is 9.19. The summed E-state index contributed by atoms with van der Waals surface area (Å²) in [6.07, 6.45) is 5.49. The van der Waals surface area contributed by atoms with Gasteiger partial charge in [0, 0.05) is 38.9 Å². The maximum Gasteiger partial charge on any atom is 0.194 e. The first-order valence-electron chi connectivity index (χ1n) is 10.6. The third kappa shape index (κ3) is 6.63. The van der Waals surface area contributed by atoms with Crippen molar-refractivity contribution in [1.82, 2.24) is 10.2 Å². The van der Waals surface area contributed by atoms with Crippen LogP contribution in [0.5, 0.6) is 0 Å². The number of aliphatic imine (C=N–C) groups is 1. The fourth-order valence-electron chi connectivity index (χ4n) is 3.67. The Balaban J connectivity index is 0.00000320. The lowest BCUT2D eigenvalue weighted by Gasteiger charge is -2.29. The van der Waals surface area contributed by atoms with Crippen molar-refractivity contribution in [1.29, 1.82) is 0 Å². The first-order valence-corrected chi connectivity index (χ1v) is 10.6. The first kappa shape index (κ1) is 24.5. The van der Waals surface area contributed by atoms with E-state index in [1.165, 1.54) is 30.5 Å². The van der Waals surface area contributed by atoms with Crippen molar-refractivity contribution in [3.8, 4) is 0 Å². The van der Waals surface area contributed by atoms with Crippen LogP contribution in [0.4, 0.5) is 5.69 Å². The molecule has 1 unspecified atom stereocenters. The molecule has 1 aromatic heterocycles. The summed E-state index contributed by atoms with van der Waals surface area (Å²) in [7, 11) is 2.02. The molecule has 1 saturated heterocycles. The van der Waals surface area contributed by atoms with Crippen molar-refractivity contribution < 1.29 is 9.52 Å². The van der Waals surface area contributed by atoms with Gasteiger partial charge in [-0.1, -0.05) is 12.1 Å².